The van der Waals surface area contributed by atoms with Crippen molar-refractivity contribution in [2.24, 2.45) is 0 Å². The summed E-state index contributed by atoms with van der Waals surface area (Å²) >= 11 is 0. The topological polar surface area (TPSA) is 23.1 Å². The van der Waals surface area contributed by atoms with Gasteiger partial charge in [-0.3, -0.25) is 0 Å². The van der Waals surface area contributed by atoms with Crippen LogP contribution in [0.5, 0.6) is 0 Å². The average molecular weight is 206 g/mol. The molecule has 0 aliphatic carbocycles. The zero-order valence-electron chi connectivity index (χ0n) is 5.25. The Kier molecular flexibility index (Phi) is 5.91. The van der Waals surface area contributed by atoms with Gasteiger partial charge in [-0.25, -0.2) is 0 Å². The molecule has 62 valence electrons. The van der Waals surface area contributed by atoms with E-state index in [1.807, 2.05) is 0 Å². The van der Waals surface area contributed by atoms with Crippen molar-refractivity contribution in [1.29, 1.82) is 0 Å². The van der Waals surface area contributed by atoms with Crippen molar-refractivity contribution < 1.29 is 82.8 Å². The van der Waals surface area contributed by atoms with E-state index >= 15 is 0 Å². The molecule has 0 aromatic carbocycles. The first-order valence-electron chi connectivity index (χ1n) is 1.95. The van der Waals surface area contributed by atoms with Crippen LogP contribution in [-0.4, -0.2) is 18.5 Å². The fourth-order valence-electron chi connectivity index (χ4n) is 0.186. The number of hydrogen-bond donors (Lipinski definition) is 0. The van der Waals surface area contributed by atoms with Crippen LogP contribution >= 0.6 is 0 Å². The number of halogens is 6. The Hall–Kier alpha value is 1.18. The molecule has 1 nitrogen and oxygen atoms in total. The Morgan fingerprint density at radius 3 is 1.00 bits per heavy atom. The minimum absolute atomic E-state index is 0. The summed E-state index contributed by atoms with van der Waals surface area (Å²) in [6, 6.07) is 0. The maximum Gasteiger partial charge on any atom is 1.00 e. The van der Waals surface area contributed by atoms with E-state index < -0.39 is 18.5 Å². The normalized spacial score (nSPS) is 13.1. The summed E-state index contributed by atoms with van der Waals surface area (Å²) in [7, 11) is 0. The van der Waals surface area contributed by atoms with E-state index in [0.29, 0.717) is 0 Å². The fourth-order valence-corrected chi connectivity index (χ4v) is 0.186. The van der Waals surface area contributed by atoms with Crippen LogP contribution < -0.4 is 56.5 Å². The molecule has 0 unspecified atom stereocenters. The molecule has 0 radical (unpaired) electrons. The van der Waals surface area contributed by atoms with Crippen LogP contribution in [0.4, 0.5) is 26.3 Å². The third-order valence-electron chi connectivity index (χ3n) is 0.595. The zero-order valence-corrected chi connectivity index (χ0v) is 8.38. The predicted octanol–water partition coefficient (Wildman–Crippen LogP) is -2.16. The van der Waals surface area contributed by atoms with Gasteiger partial charge in [0, 0.05) is 0 Å². The average Bonchev–Trinajstić information content (AvgIpc) is 1.59. The van der Waals surface area contributed by atoms with Crippen molar-refractivity contribution in [2.45, 2.75) is 18.5 Å². The first-order valence-corrected chi connectivity index (χ1v) is 1.95. The van der Waals surface area contributed by atoms with Crippen LogP contribution in [0, 0.1) is 0 Å². The largest absolute Gasteiger partial charge is 1.00 e. The molecule has 0 aromatic heterocycles. The smallest absolute Gasteiger partial charge is 0.839 e. The molecule has 0 aromatic rings. The molecule has 0 atom stereocenters. The SMILES string of the molecule is [K+].[O-]C(C(F)(F)F)C(F)(F)F. The maximum atomic E-state index is 10.9. The summed E-state index contributed by atoms with van der Waals surface area (Å²) in [5.41, 5.74) is 0. The Bertz CT molecular complexity index is 102. The van der Waals surface area contributed by atoms with E-state index in [2.05, 4.69) is 0 Å². The van der Waals surface area contributed by atoms with Crippen molar-refractivity contribution in [3.05, 3.63) is 0 Å². The van der Waals surface area contributed by atoms with E-state index in [4.69, 9.17) is 0 Å². The molecule has 8 heteroatoms. The first kappa shape index (κ1) is 14.7. The number of alkyl halides is 6. The minimum atomic E-state index is -5.74. The summed E-state index contributed by atoms with van der Waals surface area (Å²) in [4.78, 5) is 0. The minimum Gasteiger partial charge on any atom is -0.839 e. The molecule has 0 saturated carbocycles. The monoisotopic (exact) mass is 206 g/mol. The molecule has 0 heterocycles. The van der Waals surface area contributed by atoms with Gasteiger partial charge in [0.25, 0.3) is 0 Å². The van der Waals surface area contributed by atoms with Crippen LogP contribution in [0.1, 0.15) is 0 Å². The number of rotatable bonds is 0. The van der Waals surface area contributed by atoms with Crippen LogP contribution in [0.15, 0.2) is 0 Å². The predicted molar refractivity (Wildman–Crippen MR) is 15.9 cm³/mol. The second kappa shape index (κ2) is 4.42. The van der Waals surface area contributed by atoms with Crippen LogP contribution in [0.25, 0.3) is 0 Å². The molecule has 0 bridgehead atoms. The van der Waals surface area contributed by atoms with E-state index in [9.17, 15) is 31.4 Å². The van der Waals surface area contributed by atoms with Gasteiger partial charge in [-0.2, -0.15) is 26.3 Å². The molecule has 0 spiro atoms. The molecule has 0 fully saturated rings. The van der Waals surface area contributed by atoms with E-state index in [1.165, 1.54) is 0 Å². The van der Waals surface area contributed by atoms with E-state index in [-0.39, 0.29) is 51.4 Å². The van der Waals surface area contributed by atoms with Gasteiger partial charge in [0.1, 0.15) is 0 Å². The Morgan fingerprint density at radius 1 is 0.818 bits per heavy atom. The standard InChI is InChI=1S/C3HF6O.K/c4-2(5,6)1(10)3(7,8)9;/h1H;/q-1;+1. The fraction of sp³-hybridized carbons (Fsp3) is 1.00. The molecule has 11 heavy (non-hydrogen) atoms. The molecule has 0 saturated heterocycles. The molecular weight excluding hydrogens is 205 g/mol. The molecular formula is C3HF6KO. The second-order valence-corrected chi connectivity index (χ2v) is 1.46. The molecule has 0 rings (SSSR count). The summed E-state index contributed by atoms with van der Waals surface area (Å²) in [6.07, 6.45) is -16.0. The maximum absolute atomic E-state index is 10.9. The van der Waals surface area contributed by atoms with Crippen LogP contribution in [0.2, 0.25) is 0 Å². The summed E-state index contributed by atoms with van der Waals surface area (Å²) in [5, 5.41) is 9.32. The van der Waals surface area contributed by atoms with E-state index in [0.717, 1.165) is 0 Å². The molecule has 0 amide bonds. The number of hydrogen-bond acceptors (Lipinski definition) is 1. The quantitative estimate of drug-likeness (QED) is 0.327. The van der Waals surface area contributed by atoms with Gasteiger partial charge in [0.05, 0.1) is 6.10 Å². The Morgan fingerprint density at radius 2 is 1.00 bits per heavy atom. The van der Waals surface area contributed by atoms with Crippen molar-refractivity contribution in [3.63, 3.8) is 0 Å². The Balaban J connectivity index is 0. The van der Waals surface area contributed by atoms with Crippen molar-refractivity contribution in [3.8, 4) is 0 Å². The molecule has 0 N–H and O–H groups in total. The third-order valence-corrected chi connectivity index (χ3v) is 0.595. The van der Waals surface area contributed by atoms with Gasteiger partial charge in [0.15, 0.2) is 0 Å². The van der Waals surface area contributed by atoms with Gasteiger partial charge < -0.3 is 5.11 Å². The van der Waals surface area contributed by atoms with Crippen LogP contribution in [0.3, 0.4) is 0 Å². The Labute approximate surface area is 100 Å². The first-order chi connectivity index (χ1) is 4.15. The van der Waals surface area contributed by atoms with Gasteiger partial charge in [-0.1, -0.05) is 0 Å². The van der Waals surface area contributed by atoms with Gasteiger partial charge in [-0.15, -0.1) is 0 Å². The van der Waals surface area contributed by atoms with Crippen molar-refractivity contribution in [1.82, 2.24) is 0 Å². The van der Waals surface area contributed by atoms with E-state index in [1.54, 1.807) is 0 Å². The van der Waals surface area contributed by atoms with Gasteiger partial charge in [-0.05, 0) is 0 Å². The molecule has 0 aliphatic heterocycles. The summed E-state index contributed by atoms with van der Waals surface area (Å²) in [6.45, 7) is 0. The third kappa shape index (κ3) is 5.42. The summed E-state index contributed by atoms with van der Waals surface area (Å²) in [5.74, 6) is 0. The van der Waals surface area contributed by atoms with Crippen molar-refractivity contribution >= 4 is 0 Å². The van der Waals surface area contributed by atoms with Crippen LogP contribution in [-0.2, 0) is 0 Å². The van der Waals surface area contributed by atoms with Crippen molar-refractivity contribution in [2.75, 3.05) is 0 Å². The van der Waals surface area contributed by atoms with Gasteiger partial charge in [0.2, 0.25) is 0 Å². The van der Waals surface area contributed by atoms with Gasteiger partial charge >= 0.3 is 63.7 Å². The molecule has 0 aliphatic rings. The summed E-state index contributed by atoms with van der Waals surface area (Å²) < 4.78 is 65.5. The zero-order chi connectivity index (χ0) is 8.58. The second-order valence-electron chi connectivity index (χ2n) is 1.46.